The van der Waals surface area contributed by atoms with Gasteiger partial charge < -0.3 is 4.90 Å². The predicted octanol–water partition coefficient (Wildman–Crippen LogP) is 4.09. The van der Waals surface area contributed by atoms with Gasteiger partial charge in [0.2, 0.25) is 5.91 Å². The summed E-state index contributed by atoms with van der Waals surface area (Å²) in [6.07, 6.45) is 5.28. The topological polar surface area (TPSA) is 36.4 Å². The molecule has 0 aliphatic carbocycles. The molecule has 0 saturated carbocycles. The lowest BCUT2D eigenvalue weighted by atomic mass is 10.1. The molecule has 0 N–H and O–H groups in total. The van der Waals surface area contributed by atoms with Gasteiger partial charge in [0, 0.05) is 30.2 Å². The van der Waals surface area contributed by atoms with Gasteiger partial charge in [0.1, 0.15) is 0 Å². The number of rotatable bonds is 5. The van der Waals surface area contributed by atoms with Crippen molar-refractivity contribution in [3.05, 3.63) is 64.4 Å². The first kappa shape index (κ1) is 18.5. The summed E-state index contributed by atoms with van der Waals surface area (Å²) in [7, 11) is 0. The van der Waals surface area contributed by atoms with Crippen molar-refractivity contribution >= 4 is 17.5 Å². The highest BCUT2D eigenvalue weighted by atomic mass is 35.5. The fraction of sp³-hybridized carbons (Fsp3) is 0.455. The Kier molecular flexibility index (Phi) is 5.74. The van der Waals surface area contributed by atoms with Crippen LogP contribution in [0.5, 0.6) is 0 Å². The molecule has 1 aromatic carbocycles. The molecule has 1 aromatic heterocycles. The highest BCUT2D eigenvalue weighted by molar-refractivity contribution is 6.30. The van der Waals surface area contributed by atoms with Gasteiger partial charge in [-0.05, 0) is 62.1 Å². The van der Waals surface area contributed by atoms with Gasteiger partial charge in [-0.1, -0.05) is 29.8 Å². The lowest BCUT2D eigenvalue weighted by molar-refractivity contribution is -0.131. The average molecular weight is 384 g/mol. The van der Waals surface area contributed by atoms with Crippen molar-refractivity contribution in [1.29, 1.82) is 0 Å². The summed E-state index contributed by atoms with van der Waals surface area (Å²) in [5, 5.41) is 0.754. The zero-order valence-corrected chi connectivity index (χ0v) is 16.4. The number of halogens is 1. The fourth-order valence-electron chi connectivity index (χ4n) is 4.18. The number of hydrogen-bond donors (Lipinski definition) is 0. The third kappa shape index (κ3) is 4.50. The maximum atomic E-state index is 12.6. The van der Waals surface area contributed by atoms with Gasteiger partial charge in [-0.15, -0.1) is 0 Å². The molecule has 4 nitrogen and oxygen atoms in total. The second-order valence-electron chi connectivity index (χ2n) is 7.57. The van der Waals surface area contributed by atoms with E-state index in [-0.39, 0.29) is 11.9 Å². The van der Waals surface area contributed by atoms with Crippen LogP contribution >= 0.6 is 11.6 Å². The maximum Gasteiger partial charge on any atom is 0.236 e. The molecule has 4 rings (SSSR count). The molecule has 0 spiro atoms. The first-order valence-electron chi connectivity index (χ1n) is 9.91. The van der Waals surface area contributed by atoms with E-state index in [2.05, 4.69) is 23.1 Å². The number of benzene rings is 1. The van der Waals surface area contributed by atoms with Crippen molar-refractivity contribution in [1.82, 2.24) is 14.8 Å². The molecular weight excluding hydrogens is 358 g/mol. The van der Waals surface area contributed by atoms with Gasteiger partial charge in [0.05, 0.1) is 18.3 Å². The van der Waals surface area contributed by atoms with Crippen LogP contribution in [-0.4, -0.2) is 46.9 Å². The summed E-state index contributed by atoms with van der Waals surface area (Å²) in [5.41, 5.74) is 3.36. The van der Waals surface area contributed by atoms with E-state index in [9.17, 15) is 4.79 Å². The quantitative estimate of drug-likeness (QED) is 0.780. The number of hydrogen-bond acceptors (Lipinski definition) is 3. The van der Waals surface area contributed by atoms with Crippen LogP contribution in [0, 0.1) is 0 Å². The van der Waals surface area contributed by atoms with Gasteiger partial charge in [-0.3, -0.25) is 14.7 Å². The number of aromatic nitrogens is 1. The minimum atomic E-state index is 0.252. The van der Waals surface area contributed by atoms with E-state index >= 15 is 0 Å². The number of carbonyl (C=O) groups excluding carboxylic acids is 1. The molecule has 2 saturated heterocycles. The second kappa shape index (κ2) is 8.41. The molecule has 2 aromatic rings. The smallest absolute Gasteiger partial charge is 0.236 e. The van der Waals surface area contributed by atoms with Gasteiger partial charge in [-0.2, -0.15) is 0 Å². The SMILES string of the molecule is O=C(CN1CCC[C@H]1c1cccc(Cc2ccc(Cl)cc2)n1)N1CCCC1. The van der Waals surface area contributed by atoms with Crippen LogP contribution in [0.4, 0.5) is 0 Å². The Morgan fingerprint density at radius 2 is 1.81 bits per heavy atom. The largest absolute Gasteiger partial charge is 0.342 e. The van der Waals surface area contributed by atoms with E-state index < -0.39 is 0 Å². The fourth-order valence-corrected chi connectivity index (χ4v) is 4.31. The van der Waals surface area contributed by atoms with Crippen LogP contribution in [-0.2, 0) is 11.2 Å². The third-order valence-electron chi connectivity index (χ3n) is 5.63. The minimum Gasteiger partial charge on any atom is -0.342 e. The summed E-state index contributed by atoms with van der Waals surface area (Å²) >= 11 is 5.98. The third-order valence-corrected chi connectivity index (χ3v) is 5.88. The Balaban J connectivity index is 1.45. The monoisotopic (exact) mass is 383 g/mol. The molecule has 5 heteroatoms. The molecule has 142 valence electrons. The Morgan fingerprint density at radius 1 is 1.04 bits per heavy atom. The van der Waals surface area contributed by atoms with Crippen molar-refractivity contribution in [2.24, 2.45) is 0 Å². The summed E-state index contributed by atoms with van der Waals surface area (Å²) < 4.78 is 0. The van der Waals surface area contributed by atoms with Crippen LogP contribution in [0.15, 0.2) is 42.5 Å². The standard InChI is InChI=1S/C22H26ClN3O/c23-18-10-8-17(9-11-18)15-19-5-3-6-20(24-19)21-7-4-14-26(21)16-22(27)25-12-1-2-13-25/h3,5-6,8-11,21H,1-2,4,7,12-16H2/t21-/m0/s1. The normalized spacial score (nSPS) is 20.3. The van der Waals surface area contributed by atoms with E-state index in [4.69, 9.17) is 16.6 Å². The van der Waals surface area contributed by atoms with E-state index in [0.29, 0.717) is 6.54 Å². The highest BCUT2D eigenvalue weighted by Gasteiger charge is 2.30. The molecular formula is C22H26ClN3O. The van der Waals surface area contributed by atoms with Crippen LogP contribution in [0.2, 0.25) is 5.02 Å². The molecule has 0 radical (unpaired) electrons. The van der Waals surface area contributed by atoms with Gasteiger partial charge in [0.15, 0.2) is 0 Å². The molecule has 3 heterocycles. The van der Waals surface area contributed by atoms with Gasteiger partial charge in [-0.25, -0.2) is 0 Å². The Hall–Kier alpha value is -1.91. The molecule has 2 aliphatic rings. The first-order valence-corrected chi connectivity index (χ1v) is 10.3. The zero-order chi connectivity index (χ0) is 18.6. The number of likely N-dealkylation sites (tertiary alicyclic amines) is 2. The van der Waals surface area contributed by atoms with Gasteiger partial charge in [0.25, 0.3) is 0 Å². The van der Waals surface area contributed by atoms with E-state index in [1.807, 2.05) is 29.2 Å². The van der Waals surface area contributed by atoms with Crippen LogP contribution in [0.1, 0.15) is 48.7 Å². The molecule has 2 aliphatic heterocycles. The first-order chi connectivity index (χ1) is 13.2. The van der Waals surface area contributed by atoms with E-state index in [1.165, 1.54) is 5.56 Å². The van der Waals surface area contributed by atoms with Crippen molar-refractivity contribution in [3.63, 3.8) is 0 Å². The molecule has 2 fully saturated rings. The molecule has 1 atom stereocenters. The Bertz CT molecular complexity index is 786. The van der Waals surface area contributed by atoms with Crippen molar-refractivity contribution < 1.29 is 4.79 Å². The van der Waals surface area contributed by atoms with Gasteiger partial charge >= 0.3 is 0 Å². The Labute approximate surface area is 166 Å². The Morgan fingerprint density at radius 3 is 2.59 bits per heavy atom. The lowest BCUT2D eigenvalue weighted by Gasteiger charge is -2.26. The van der Waals surface area contributed by atoms with E-state index in [1.54, 1.807) is 0 Å². The summed E-state index contributed by atoms with van der Waals surface area (Å²) in [6, 6.07) is 14.5. The predicted molar refractivity (Wildman–Crippen MR) is 108 cm³/mol. The van der Waals surface area contributed by atoms with Crippen molar-refractivity contribution in [3.8, 4) is 0 Å². The van der Waals surface area contributed by atoms with Crippen LogP contribution in [0.25, 0.3) is 0 Å². The second-order valence-corrected chi connectivity index (χ2v) is 8.01. The summed E-state index contributed by atoms with van der Waals surface area (Å²) in [5.74, 6) is 0.275. The lowest BCUT2D eigenvalue weighted by Crippen LogP contribution is -2.38. The summed E-state index contributed by atoms with van der Waals surface area (Å²) in [4.78, 5) is 21.8. The molecule has 27 heavy (non-hydrogen) atoms. The average Bonchev–Trinajstić information content (AvgIpc) is 3.36. The number of pyridine rings is 1. The number of carbonyl (C=O) groups is 1. The van der Waals surface area contributed by atoms with Crippen molar-refractivity contribution in [2.45, 2.75) is 38.1 Å². The van der Waals surface area contributed by atoms with Crippen molar-refractivity contribution in [2.75, 3.05) is 26.2 Å². The molecule has 0 bridgehead atoms. The highest BCUT2D eigenvalue weighted by Crippen LogP contribution is 2.31. The number of amides is 1. The summed E-state index contributed by atoms with van der Waals surface area (Å²) in [6.45, 7) is 3.35. The number of nitrogens with zero attached hydrogens (tertiary/aromatic N) is 3. The van der Waals surface area contributed by atoms with E-state index in [0.717, 1.165) is 68.1 Å². The van der Waals surface area contributed by atoms with Crippen LogP contribution < -0.4 is 0 Å². The zero-order valence-electron chi connectivity index (χ0n) is 15.6. The minimum absolute atomic E-state index is 0.252. The molecule has 1 amide bonds. The van der Waals surface area contributed by atoms with Crippen LogP contribution in [0.3, 0.4) is 0 Å². The maximum absolute atomic E-state index is 12.6. The molecule has 0 unspecified atom stereocenters.